The number of rotatable bonds is 2. The van der Waals surface area contributed by atoms with Crippen molar-refractivity contribution in [3.63, 3.8) is 0 Å². The summed E-state index contributed by atoms with van der Waals surface area (Å²) in [5.74, 6) is -0.0563. The average Bonchev–Trinajstić information content (AvgIpc) is 2.76. The van der Waals surface area contributed by atoms with Crippen LogP contribution in [0.25, 0.3) is 6.08 Å². The molecule has 22 heavy (non-hydrogen) atoms. The van der Waals surface area contributed by atoms with Gasteiger partial charge in [0.2, 0.25) is 0 Å². The van der Waals surface area contributed by atoms with Crippen LogP contribution in [0, 0.1) is 10.5 Å². The van der Waals surface area contributed by atoms with E-state index in [0.717, 1.165) is 16.8 Å². The first-order valence-corrected chi connectivity index (χ1v) is 8.95. The Morgan fingerprint density at radius 1 is 1.18 bits per heavy atom. The molecule has 1 aliphatic heterocycles. The van der Waals surface area contributed by atoms with Gasteiger partial charge in [-0.15, -0.1) is 0 Å². The molecule has 0 spiro atoms. The van der Waals surface area contributed by atoms with E-state index in [1.165, 1.54) is 15.3 Å². The van der Waals surface area contributed by atoms with E-state index in [0.29, 0.717) is 9.23 Å². The zero-order chi connectivity index (χ0) is 15.7. The van der Waals surface area contributed by atoms with Crippen LogP contribution in [-0.2, 0) is 4.79 Å². The highest BCUT2D eigenvalue weighted by Crippen LogP contribution is 2.36. The molecule has 0 bridgehead atoms. The largest absolute Gasteiger partial charge is 0.270 e. The molecule has 0 radical (unpaired) electrons. The van der Waals surface area contributed by atoms with Crippen molar-refractivity contribution in [2.45, 2.75) is 6.92 Å². The molecule has 2 nitrogen and oxygen atoms in total. The van der Waals surface area contributed by atoms with Crippen molar-refractivity contribution in [2.24, 2.45) is 0 Å². The zero-order valence-electron chi connectivity index (χ0n) is 11.7. The minimum Gasteiger partial charge on any atom is -0.268 e. The number of carbonyl (C=O) groups is 1. The van der Waals surface area contributed by atoms with E-state index < -0.39 is 0 Å². The number of benzene rings is 2. The molecule has 3 rings (SSSR count). The Labute approximate surface area is 152 Å². The van der Waals surface area contributed by atoms with Crippen molar-refractivity contribution in [1.29, 1.82) is 0 Å². The molecule has 1 fully saturated rings. The number of nitrogens with zero attached hydrogens (tertiary/aromatic N) is 1. The van der Waals surface area contributed by atoms with E-state index in [1.54, 1.807) is 4.90 Å². The highest BCUT2D eigenvalue weighted by atomic mass is 127. The van der Waals surface area contributed by atoms with Gasteiger partial charge in [-0.3, -0.25) is 9.69 Å². The van der Waals surface area contributed by atoms with Gasteiger partial charge in [-0.2, -0.15) is 0 Å². The molecular weight excluding hydrogens is 425 g/mol. The van der Waals surface area contributed by atoms with Crippen molar-refractivity contribution >= 4 is 68.6 Å². The maximum atomic E-state index is 12.6. The lowest BCUT2D eigenvalue weighted by Gasteiger charge is -2.14. The highest BCUT2D eigenvalue weighted by molar-refractivity contribution is 14.1. The molecule has 2 aromatic carbocycles. The predicted molar refractivity (Wildman–Crippen MR) is 106 cm³/mol. The van der Waals surface area contributed by atoms with Gasteiger partial charge in [0, 0.05) is 3.57 Å². The first kappa shape index (κ1) is 15.7. The smallest absolute Gasteiger partial charge is 0.268 e. The monoisotopic (exact) mass is 437 g/mol. The van der Waals surface area contributed by atoms with Gasteiger partial charge in [-0.25, -0.2) is 0 Å². The summed E-state index contributed by atoms with van der Waals surface area (Å²) in [6.07, 6.45) is 1.89. The highest BCUT2D eigenvalue weighted by Gasteiger charge is 2.33. The molecule has 1 aliphatic rings. The fourth-order valence-corrected chi connectivity index (χ4v) is 3.83. The Hall–Kier alpha value is -1.18. The Morgan fingerprint density at radius 3 is 2.59 bits per heavy atom. The first-order chi connectivity index (χ1) is 10.5. The summed E-state index contributed by atoms with van der Waals surface area (Å²) < 4.78 is 1.74. The van der Waals surface area contributed by atoms with E-state index in [9.17, 15) is 4.79 Å². The second-order valence-electron chi connectivity index (χ2n) is 4.91. The zero-order valence-corrected chi connectivity index (χ0v) is 15.5. The van der Waals surface area contributed by atoms with Crippen molar-refractivity contribution in [2.75, 3.05) is 4.90 Å². The van der Waals surface area contributed by atoms with Gasteiger partial charge in [-0.05, 0) is 71.0 Å². The second kappa shape index (κ2) is 6.52. The summed E-state index contributed by atoms with van der Waals surface area (Å²) in [5, 5.41) is 0. The fourth-order valence-electron chi connectivity index (χ4n) is 2.17. The van der Waals surface area contributed by atoms with Crippen molar-refractivity contribution < 1.29 is 4.79 Å². The molecule has 0 N–H and O–H groups in total. The SMILES string of the molecule is Cc1cccc(N2C(=O)C(=Cc3ccc(I)cc3)SC2=S)c1. The van der Waals surface area contributed by atoms with Crippen LogP contribution in [0.5, 0.6) is 0 Å². The van der Waals surface area contributed by atoms with Gasteiger partial charge >= 0.3 is 0 Å². The molecule has 2 aromatic rings. The van der Waals surface area contributed by atoms with Crippen molar-refractivity contribution in [3.8, 4) is 0 Å². The number of amides is 1. The quantitative estimate of drug-likeness (QED) is 0.375. The number of hydrogen-bond donors (Lipinski definition) is 0. The molecule has 1 heterocycles. The van der Waals surface area contributed by atoms with Crippen LogP contribution >= 0.6 is 46.6 Å². The molecule has 1 amide bonds. The summed E-state index contributed by atoms with van der Waals surface area (Å²) in [7, 11) is 0. The van der Waals surface area contributed by atoms with E-state index in [2.05, 4.69) is 22.6 Å². The number of thioether (sulfide) groups is 1. The van der Waals surface area contributed by atoms with Crippen LogP contribution in [0.2, 0.25) is 0 Å². The van der Waals surface area contributed by atoms with Gasteiger partial charge in [-0.1, -0.05) is 48.2 Å². The normalized spacial score (nSPS) is 16.6. The summed E-state index contributed by atoms with van der Waals surface area (Å²) in [6.45, 7) is 2.00. The minimum atomic E-state index is -0.0563. The predicted octanol–water partition coefficient (Wildman–Crippen LogP) is 5.01. The Balaban J connectivity index is 1.93. The standard InChI is InChI=1S/C17H12INOS2/c1-11-3-2-4-14(9-11)19-16(20)15(22-17(19)21)10-12-5-7-13(18)8-6-12/h2-10H,1H3. The molecular formula is C17H12INOS2. The molecule has 0 aliphatic carbocycles. The molecule has 0 unspecified atom stereocenters. The summed E-state index contributed by atoms with van der Waals surface area (Å²) in [4.78, 5) is 14.9. The van der Waals surface area contributed by atoms with Crippen molar-refractivity contribution in [3.05, 3.63) is 68.1 Å². The van der Waals surface area contributed by atoms with Crippen LogP contribution in [-0.4, -0.2) is 10.2 Å². The van der Waals surface area contributed by atoms with E-state index >= 15 is 0 Å². The summed E-state index contributed by atoms with van der Waals surface area (Å²) in [6, 6.07) is 15.9. The van der Waals surface area contributed by atoms with Gasteiger partial charge in [0.25, 0.3) is 5.91 Å². The lowest BCUT2D eigenvalue weighted by molar-refractivity contribution is -0.113. The van der Waals surface area contributed by atoms with Gasteiger partial charge in [0.15, 0.2) is 4.32 Å². The maximum Gasteiger partial charge on any atom is 0.270 e. The Kier molecular flexibility index (Phi) is 4.65. The van der Waals surface area contributed by atoms with E-state index in [1.807, 2.05) is 61.5 Å². The number of carbonyl (C=O) groups excluding carboxylic acids is 1. The van der Waals surface area contributed by atoms with Crippen LogP contribution in [0.4, 0.5) is 5.69 Å². The fraction of sp³-hybridized carbons (Fsp3) is 0.0588. The number of aryl methyl sites for hydroxylation is 1. The average molecular weight is 437 g/mol. The minimum absolute atomic E-state index is 0.0563. The first-order valence-electron chi connectivity index (χ1n) is 6.65. The lowest BCUT2D eigenvalue weighted by Crippen LogP contribution is -2.27. The molecule has 110 valence electrons. The van der Waals surface area contributed by atoms with Gasteiger partial charge in [0.1, 0.15) is 0 Å². The van der Waals surface area contributed by atoms with E-state index in [4.69, 9.17) is 12.2 Å². The topological polar surface area (TPSA) is 20.3 Å². The lowest BCUT2D eigenvalue weighted by atomic mass is 10.2. The Morgan fingerprint density at radius 2 is 1.91 bits per heavy atom. The number of anilines is 1. The van der Waals surface area contributed by atoms with Gasteiger partial charge in [0.05, 0.1) is 10.6 Å². The van der Waals surface area contributed by atoms with Crippen LogP contribution < -0.4 is 4.90 Å². The Bertz CT molecular complexity index is 784. The van der Waals surface area contributed by atoms with Crippen molar-refractivity contribution in [1.82, 2.24) is 0 Å². The van der Waals surface area contributed by atoms with E-state index in [-0.39, 0.29) is 5.91 Å². The summed E-state index contributed by atoms with van der Waals surface area (Å²) in [5.41, 5.74) is 2.94. The number of hydrogen-bond acceptors (Lipinski definition) is 3. The molecule has 1 saturated heterocycles. The molecule has 0 saturated carbocycles. The number of halogens is 1. The van der Waals surface area contributed by atoms with Crippen LogP contribution in [0.1, 0.15) is 11.1 Å². The summed E-state index contributed by atoms with van der Waals surface area (Å²) >= 11 is 8.99. The third-order valence-corrected chi connectivity index (χ3v) is 5.24. The molecule has 0 atom stereocenters. The van der Waals surface area contributed by atoms with Crippen LogP contribution in [0.15, 0.2) is 53.4 Å². The second-order valence-corrected chi connectivity index (χ2v) is 7.83. The third-order valence-electron chi connectivity index (χ3n) is 3.22. The third kappa shape index (κ3) is 3.26. The number of thiocarbonyl (C=S) groups is 1. The van der Waals surface area contributed by atoms with Crippen LogP contribution in [0.3, 0.4) is 0 Å². The molecule has 5 heteroatoms. The van der Waals surface area contributed by atoms with Gasteiger partial charge < -0.3 is 0 Å². The maximum absolute atomic E-state index is 12.6. The molecule has 0 aromatic heterocycles.